The van der Waals surface area contributed by atoms with E-state index >= 15 is 0 Å². The number of sulfonamides is 1. The van der Waals surface area contributed by atoms with Crippen molar-refractivity contribution in [2.24, 2.45) is 0 Å². The van der Waals surface area contributed by atoms with E-state index in [1.807, 2.05) is 6.92 Å². The van der Waals surface area contributed by atoms with E-state index in [2.05, 4.69) is 14.7 Å². The molecule has 8 heteroatoms. The largest absolute Gasteiger partial charge is 0.494 e. The van der Waals surface area contributed by atoms with Gasteiger partial charge in [-0.1, -0.05) is 0 Å². The number of hydrogen-bond acceptors (Lipinski definition) is 4. The van der Waals surface area contributed by atoms with Gasteiger partial charge in [0.25, 0.3) is 10.0 Å². The summed E-state index contributed by atoms with van der Waals surface area (Å²) in [5.41, 5.74) is 1.74. The van der Waals surface area contributed by atoms with Crippen molar-refractivity contribution in [2.45, 2.75) is 11.8 Å². The van der Waals surface area contributed by atoms with Crippen LogP contribution in [0.25, 0.3) is 11.0 Å². The number of nitrogens with one attached hydrogen (secondary N) is 2. The number of anilines is 1. The molecular formula is C15H14ClN3O3S. The summed E-state index contributed by atoms with van der Waals surface area (Å²) >= 11 is 5.79. The van der Waals surface area contributed by atoms with E-state index in [0.29, 0.717) is 29.1 Å². The molecule has 3 rings (SSSR count). The van der Waals surface area contributed by atoms with E-state index in [-0.39, 0.29) is 10.2 Å². The van der Waals surface area contributed by atoms with Crippen LogP contribution in [0, 0.1) is 0 Å². The minimum absolute atomic E-state index is 0.156. The molecule has 0 aliphatic heterocycles. The minimum atomic E-state index is -3.68. The highest BCUT2D eigenvalue weighted by atomic mass is 35.5. The second kappa shape index (κ2) is 6.10. The SMILES string of the molecule is CCOc1ccc(S(=O)(=O)Nc2ccc3nc(Cl)[nH]c3c2)cc1. The van der Waals surface area contributed by atoms with Crippen molar-refractivity contribution in [3.05, 3.63) is 47.7 Å². The summed E-state index contributed by atoms with van der Waals surface area (Å²) in [6.07, 6.45) is 0. The molecular weight excluding hydrogens is 338 g/mol. The summed E-state index contributed by atoms with van der Waals surface area (Å²) < 4.78 is 32.6. The molecule has 0 unspecified atom stereocenters. The summed E-state index contributed by atoms with van der Waals surface area (Å²) in [5.74, 6) is 0.625. The molecule has 0 spiro atoms. The van der Waals surface area contributed by atoms with E-state index in [0.717, 1.165) is 0 Å². The number of imidazole rings is 1. The molecule has 0 aliphatic carbocycles. The average Bonchev–Trinajstić information content (AvgIpc) is 2.87. The van der Waals surface area contributed by atoms with Crippen molar-refractivity contribution in [3.8, 4) is 5.75 Å². The quantitative estimate of drug-likeness (QED) is 0.737. The molecule has 0 bridgehead atoms. The van der Waals surface area contributed by atoms with Crippen LogP contribution in [0.15, 0.2) is 47.4 Å². The summed E-state index contributed by atoms with van der Waals surface area (Å²) in [6.45, 7) is 2.39. The van der Waals surface area contributed by atoms with Crippen LogP contribution in [0.4, 0.5) is 5.69 Å². The monoisotopic (exact) mass is 351 g/mol. The van der Waals surface area contributed by atoms with Crippen molar-refractivity contribution >= 4 is 38.3 Å². The predicted molar refractivity (Wildman–Crippen MR) is 89.5 cm³/mol. The number of hydrogen-bond donors (Lipinski definition) is 2. The second-order valence-electron chi connectivity index (χ2n) is 4.77. The molecule has 2 aromatic carbocycles. The fourth-order valence-electron chi connectivity index (χ4n) is 2.14. The van der Waals surface area contributed by atoms with E-state index in [1.165, 1.54) is 12.1 Å². The first-order chi connectivity index (χ1) is 11.0. The highest BCUT2D eigenvalue weighted by molar-refractivity contribution is 7.92. The molecule has 1 heterocycles. The van der Waals surface area contributed by atoms with Crippen molar-refractivity contribution < 1.29 is 13.2 Å². The van der Waals surface area contributed by atoms with Crippen LogP contribution in [-0.2, 0) is 10.0 Å². The van der Waals surface area contributed by atoms with Gasteiger partial charge in [0.1, 0.15) is 5.75 Å². The van der Waals surface area contributed by atoms with E-state index < -0.39 is 10.0 Å². The number of H-pyrrole nitrogens is 1. The molecule has 1 aromatic heterocycles. The zero-order valence-corrected chi connectivity index (χ0v) is 13.8. The topological polar surface area (TPSA) is 84.1 Å². The number of nitrogens with zero attached hydrogens (tertiary/aromatic N) is 1. The van der Waals surface area contributed by atoms with Crippen LogP contribution >= 0.6 is 11.6 Å². The van der Waals surface area contributed by atoms with Gasteiger partial charge in [-0.05, 0) is 61.0 Å². The Bertz CT molecular complexity index is 936. The lowest BCUT2D eigenvalue weighted by Crippen LogP contribution is -2.12. The van der Waals surface area contributed by atoms with Crippen molar-refractivity contribution in [1.29, 1.82) is 0 Å². The standard InChI is InChI=1S/C15H14ClN3O3S/c1-2-22-11-4-6-12(7-5-11)23(20,21)19-10-3-8-13-14(9-10)18-15(16)17-13/h3-9,19H,2H2,1H3,(H,17,18). The Labute approximate surface area is 138 Å². The van der Waals surface area contributed by atoms with E-state index in [9.17, 15) is 8.42 Å². The number of aromatic nitrogens is 2. The first-order valence-corrected chi connectivity index (χ1v) is 8.75. The summed E-state index contributed by atoms with van der Waals surface area (Å²) in [7, 11) is -3.68. The molecule has 0 atom stereocenters. The highest BCUT2D eigenvalue weighted by Gasteiger charge is 2.15. The van der Waals surface area contributed by atoms with Crippen LogP contribution in [0.2, 0.25) is 5.28 Å². The number of ether oxygens (including phenoxy) is 1. The molecule has 0 radical (unpaired) electrons. The number of fused-ring (bicyclic) bond motifs is 1. The zero-order valence-electron chi connectivity index (χ0n) is 12.2. The fourth-order valence-corrected chi connectivity index (χ4v) is 3.38. The van der Waals surface area contributed by atoms with E-state index in [4.69, 9.17) is 16.3 Å². The molecule has 6 nitrogen and oxygen atoms in total. The average molecular weight is 352 g/mol. The molecule has 2 N–H and O–H groups in total. The maximum atomic E-state index is 12.4. The van der Waals surface area contributed by atoms with E-state index in [1.54, 1.807) is 30.3 Å². The Morgan fingerprint density at radius 1 is 1.22 bits per heavy atom. The van der Waals surface area contributed by atoms with Gasteiger partial charge in [0, 0.05) is 0 Å². The van der Waals surface area contributed by atoms with Gasteiger partial charge in [0.2, 0.25) is 5.28 Å². The number of halogens is 1. The van der Waals surface area contributed by atoms with Gasteiger partial charge in [-0.15, -0.1) is 0 Å². The molecule has 120 valence electrons. The van der Waals surface area contributed by atoms with Crippen molar-refractivity contribution in [2.75, 3.05) is 11.3 Å². The lowest BCUT2D eigenvalue weighted by atomic mass is 10.3. The maximum Gasteiger partial charge on any atom is 0.261 e. The third-order valence-corrected chi connectivity index (χ3v) is 4.73. The van der Waals surface area contributed by atoms with Gasteiger partial charge in [0.15, 0.2) is 0 Å². The smallest absolute Gasteiger partial charge is 0.261 e. The normalized spacial score (nSPS) is 11.6. The Kier molecular flexibility index (Phi) is 4.14. The van der Waals surface area contributed by atoms with Crippen LogP contribution in [-0.4, -0.2) is 25.0 Å². The molecule has 23 heavy (non-hydrogen) atoms. The van der Waals surface area contributed by atoms with Gasteiger partial charge in [0.05, 0.1) is 28.2 Å². The van der Waals surface area contributed by atoms with Crippen LogP contribution in [0.3, 0.4) is 0 Å². The predicted octanol–water partition coefficient (Wildman–Crippen LogP) is 3.42. The number of aromatic amines is 1. The Morgan fingerprint density at radius 3 is 2.65 bits per heavy atom. The molecule has 0 aliphatic rings. The van der Waals surface area contributed by atoms with Crippen LogP contribution in [0.1, 0.15) is 6.92 Å². The fraction of sp³-hybridized carbons (Fsp3) is 0.133. The molecule has 0 saturated carbocycles. The summed E-state index contributed by atoms with van der Waals surface area (Å²) in [5, 5.41) is 0.256. The van der Waals surface area contributed by atoms with Crippen LogP contribution < -0.4 is 9.46 Å². The van der Waals surface area contributed by atoms with Crippen LogP contribution in [0.5, 0.6) is 5.75 Å². The highest BCUT2D eigenvalue weighted by Crippen LogP contribution is 2.22. The lowest BCUT2D eigenvalue weighted by molar-refractivity contribution is 0.340. The molecule has 3 aromatic rings. The van der Waals surface area contributed by atoms with Gasteiger partial charge >= 0.3 is 0 Å². The zero-order chi connectivity index (χ0) is 16.4. The molecule has 0 fully saturated rings. The Morgan fingerprint density at radius 2 is 1.96 bits per heavy atom. The Balaban J connectivity index is 1.86. The summed E-state index contributed by atoms with van der Waals surface area (Å²) in [6, 6.07) is 11.2. The Hall–Kier alpha value is -2.25. The van der Waals surface area contributed by atoms with Crippen molar-refractivity contribution in [3.63, 3.8) is 0 Å². The molecule has 0 saturated heterocycles. The third-order valence-electron chi connectivity index (χ3n) is 3.15. The second-order valence-corrected chi connectivity index (χ2v) is 6.81. The first-order valence-electron chi connectivity index (χ1n) is 6.89. The third kappa shape index (κ3) is 3.40. The van der Waals surface area contributed by atoms with Gasteiger partial charge in [-0.25, -0.2) is 13.4 Å². The molecule has 0 amide bonds. The van der Waals surface area contributed by atoms with Gasteiger partial charge < -0.3 is 9.72 Å². The maximum absolute atomic E-state index is 12.4. The minimum Gasteiger partial charge on any atom is -0.494 e. The van der Waals surface area contributed by atoms with Gasteiger partial charge in [-0.3, -0.25) is 4.72 Å². The lowest BCUT2D eigenvalue weighted by Gasteiger charge is -2.09. The number of benzene rings is 2. The van der Waals surface area contributed by atoms with Crippen molar-refractivity contribution in [1.82, 2.24) is 9.97 Å². The number of rotatable bonds is 5. The summed E-state index contributed by atoms with van der Waals surface area (Å²) in [4.78, 5) is 7.06. The van der Waals surface area contributed by atoms with Gasteiger partial charge in [-0.2, -0.15) is 0 Å². The first kappa shape index (κ1) is 15.6.